The fourth-order valence-electron chi connectivity index (χ4n) is 1.90. The lowest BCUT2D eigenvalue weighted by Crippen LogP contribution is -1.98. The van der Waals surface area contributed by atoms with Crippen LogP contribution in [0.25, 0.3) is 10.8 Å². The maximum Gasteiger partial charge on any atom is 0.161 e. The molecular formula is C15H18O3. The van der Waals surface area contributed by atoms with Crippen LogP contribution in [0.2, 0.25) is 0 Å². The molecule has 18 heavy (non-hydrogen) atoms. The Hall–Kier alpha value is -1.74. The van der Waals surface area contributed by atoms with E-state index in [-0.39, 0.29) is 12.4 Å². The number of rotatable bonds is 6. The van der Waals surface area contributed by atoms with Gasteiger partial charge in [0, 0.05) is 6.61 Å². The lowest BCUT2D eigenvalue weighted by molar-refractivity contribution is 0.262. The molecule has 0 unspecified atom stereocenters. The van der Waals surface area contributed by atoms with Gasteiger partial charge in [-0.05, 0) is 42.2 Å². The molecule has 0 aliphatic rings. The summed E-state index contributed by atoms with van der Waals surface area (Å²) in [5.41, 5.74) is 0. The van der Waals surface area contributed by atoms with E-state index in [9.17, 15) is 5.11 Å². The van der Waals surface area contributed by atoms with Crippen LogP contribution < -0.4 is 4.74 Å². The highest BCUT2D eigenvalue weighted by molar-refractivity contribution is 5.85. The molecule has 0 aromatic heterocycles. The van der Waals surface area contributed by atoms with E-state index in [2.05, 4.69) is 0 Å². The number of hydrogen-bond donors (Lipinski definition) is 2. The molecule has 0 heterocycles. The highest BCUT2D eigenvalue weighted by Gasteiger charge is 2.04. The van der Waals surface area contributed by atoms with Gasteiger partial charge >= 0.3 is 0 Å². The molecule has 2 rings (SSSR count). The van der Waals surface area contributed by atoms with Gasteiger partial charge in [-0.25, -0.2) is 0 Å². The topological polar surface area (TPSA) is 49.7 Å². The SMILES string of the molecule is OCCCCCOc1cc2ccccc2cc1O. The maximum absolute atomic E-state index is 9.85. The largest absolute Gasteiger partial charge is 0.504 e. The standard InChI is InChI=1S/C15H18O3/c16-8-4-1-5-9-18-15-11-13-7-3-2-6-12(13)10-14(15)17/h2-3,6-7,10-11,16-17H,1,4-5,8-9H2. The number of phenols is 1. The first-order chi connectivity index (χ1) is 8.81. The van der Waals surface area contributed by atoms with E-state index < -0.39 is 0 Å². The number of unbranched alkanes of at least 4 members (excludes halogenated alkanes) is 2. The lowest BCUT2D eigenvalue weighted by Gasteiger charge is -2.09. The molecule has 0 amide bonds. The van der Waals surface area contributed by atoms with Gasteiger partial charge in [-0.1, -0.05) is 24.3 Å². The summed E-state index contributed by atoms with van der Waals surface area (Å²) in [7, 11) is 0. The number of aromatic hydroxyl groups is 1. The first kappa shape index (κ1) is 12.7. The quantitative estimate of drug-likeness (QED) is 0.770. The fraction of sp³-hybridized carbons (Fsp3) is 0.333. The predicted molar refractivity (Wildman–Crippen MR) is 72.0 cm³/mol. The van der Waals surface area contributed by atoms with Gasteiger partial charge in [0.25, 0.3) is 0 Å². The normalized spacial score (nSPS) is 10.7. The monoisotopic (exact) mass is 246 g/mol. The van der Waals surface area contributed by atoms with Gasteiger partial charge in [0.15, 0.2) is 11.5 Å². The Kier molecular flexibility index (Phi) is 4.42. The van der Waals surface area contributed by atoms with Crippen LogP contribution in [0.3, 0.4) is 0 Å². The number of hydrogen-bond acceptors (Lipinski definition) is 3. The highest BCUT2D eigenvalue weighted by Crippen LogP contribution is 2.31. The molecule has 3 heteroatoms. The minimum Gasteiger partial charge on any atom is -0.504 e. The summed E-state index contributed by atoms with van der Waals surface area (Å²) >= 11 is 0. The number of benzene rings is 2. The number of aliphatic hydroxyl groups excluding tert-OH is 1. The third kappa shape index (κ3) is 3.14. The van der Waals surface area contributed by atoms with E-state index in [0.29, 0.717) is 12.4 Å². The molecule has 2 N–H and O–H groups in total. The van der Waals surface area contributed by atoms with Crippen LogP contribution in [0.1, 0.15) is 19.3 Å². The Bertz CT molecular complexity index is 508. The van der Waals surface area contributed by atoms with E-state index in [0.717, 1.165) is 30.0 Å². The molecule has 0 saturated carbocycles. The van der Waals surface area contributed by atoms with E-state index in [4.69, 9.17) is 9.84 Å². The third-order valence-electron chi connectivity index (χ3n) is 2.89. The van der Waals surface area contributed by atoms with Gasteiger partial charge in [0.1, 0.15) is 0 Å². The van der Waals surface area contributed by atoms with Crippen molar-refractivity contribution in [3.05, 3.63) is 36.4 Å². The highest BCUT2D eigenvalue weighted by atomic mass is 16.5. The molecule has 0 spiro atoms. The fourth-order valence-corrected chi connectivity index (χ4v) is 1.90. The van der Waals surface area contributed by atoms with E-state index >= 15 is 0 Å². The molecule has 3 nitrogen and oxygen atoms in total. The van der Waals surface area contributed by atoms with Crippen molar-refractivity contribution in [1.29, 1.82) is 0 Å². The van der Waals surface area contributed by atoms with E-state index in [1.807, 2.05) is 30.3 Å². The van der Waals surface area contributed by atoms with Crippen molar-refractivity contribution in [1.82, 2.24) is 0 Å². The smallest absolute Gasteiger partial charge is 0.161 e. The van der Waals surface area contributed by atoms with Gasteiger partial charge in [-0.2, -0.15) is 0 Å². The predicted octanol–water partition coefficient (Wildman–Crippen LogP) is 3.09. The van der Waals surface area contributed by atoms with Crippen LogP contribution in [-0.2, 0) is 0 Å². The van der Waals surface area contributed by atoms with Crippen molar-refractivity contribution in [2.45, 2.75) is 19.3 Å². The summed E-state index contributed by atoms with van der Waals surface area (Å²) in [6, 6.07) is 11.4. The zero-order valence-electron chi connectivity index (χ0n) is 10.3. The van der Waals surface area contributed by atoms with Crippen LogP contribution in [0, 0.1) is 0 Å². The molecule has 0 fully saturated rings. The van der Waals surface area contributed by atoms with Crippen LogP contribution in [0.15, 0.2) is 36.4 Å². The molecule has 0 aliphatic carbocycles. The van der Waals surface area contributed by atoms with Crippen molar-refractivity contribution in [3.8, 4) is 11.5 Å². The molecule has 0 radical (unpaired) electrons. The zero-order chi connectivity index (χ0) is 12.8. The zero-order valence-corrected chi connectivity index (χ0v) is 10.3. The molecule has 96 valence electrons. The lowest BCUT2D eigenvalue weighted by atomic mass is 10.1. The number of fused-ring (bicyclic) bond motifs is 1. The Balaban J connectivity index is 2.01. The first-order valence-electron chi connectivity index (χ1n) is 6.26. The third-order valence-corrected chi connectivity index (χ3v) is 2.89. The van der Waals surface area contributed by atoms with Crippen LogP contribution >= 0.6 is 0 Å². The van der Waals surface area contributed by atoms with Gasteiger partial charge in [-0.3, -0.25) is 0 Å². The second-order valence-corrected chi connectivity index (χ2v) is 4.30. The van der Waals surface area contributed by atoms with Gasteiger partial charge in [0.2, 0.25) is 0 Å². The van der Waals surface area contributed by atoms with Crippen molar-refractivity contribution < 1.29 is 14.9 Å². The molecule has 2 aromatic carbocycles. The summed E-state index contributed by atoms with van der Waals surface area (Å²) in [4.78, 5) is 0. The van der Waals surface area contributed by atoms with Crippen molar-refractivity contribution in [2.75, 3.05) is 13.2 Å². The summed E-state index contributed by atoms with van der Waals surface area (Å²) in [6.45, 7) is 0.785. The summed E-state index contributed by atoms with van der Waals surface area (Å²) < 4.78 is 5.56. The number of ether oxygens (including phenoxy) is 1. The second kappa shape index (κ2) is 6.26. The minimum absolute atomic E-state index is 0.177. The Morgan fingerprint density at radius 2 is 1.67 bits per heavy atom. The van der Waals surface area contributed by atoms with Crippen molar-refractivity contribution in [2.24, 2.45) is 0 Å². The Morgan fingerprint density at radius 3 is 2.39 bits per heavy atom. The molecule has 0 atom stereocenters. The Morgan fingerprint density at radius 1 is 0.944 bits per heavy atom. The molecule has 0 bridgehead atoms. The van der Waals surface area contributed by atoms with E-state index in [1.165, 1.54) is 0 Å². The molecule has 0 aliphatic heterocycles. The Labute approximate surface area is 107 Å². The van der Waals surface area contributed by atoms with Gasteiger partial charge in [0.05, 0.1) is 6.61 Å². The van der Waals surface area contributed by atoms with Crippen molar-refractivity contribution in [3.63, 3.8) is 0 Å². The molecule has 0 saturated heterocycles. The molecule has 2 aromatic rings. The summed E-state index contributed by atoms with van der Waals surface area (Å²) in [5.74, 6) is 0.702. The van der Waals surface area contributed by atoms with Gasteiger partial charge in [-0.15, -0.1) is 0 Å². The number of aliphatic hydroxyl groups is 1. The summed E-state index contributed by atoms with van der Waals surface area (Å²) in [5, 5.41) is 20.6. The van der Waals surface area contributed by atoms with Crippen LogP contribution in [-0.4, -0.2) is 23.4 Å². The average molecular weight is 246 g/mol. The number of phenolic OH excluding ortho intramolecular Hbond substituents is 1. The van der Waals surface area contributed by atoms with Crippen LogP contribution in [0.5, 0.6) is 11.5 Å². The molecular weight excluding hydrogens is 228 g/mol. The average Bonchev–Trinajstić information content (AvgIpc) is 2.39. The summed E-state index contributed by atoms with van der Waals surface area (Å²) in [6.07, 6.45) is 2.62. The van der Waals surface area contributed by atoms with E-state index in [1.54, 1.807) is 6.07 Å². The maximum atomic E-state index is 9.85. The van der Waals surface area contributed by atoms with Gasteiger partial charge < -0.3 is 14.9 Å². The minimum atomic E-state index is 0.177. The second-order valence-electron chi connectivity index (χ2n) is 4.30. The van der Waals surface area contributed by atoms with Crippen molar-refractivity contribution >= 4 is 10.8 Å². The van der Waals surface area contributed by atoms with Crippen LogP contribution in [0.4, 0.5) is 0 Å². The first-order valence-corrected chi connectivity index (χ1v) is 6.26.